The van der Waals surface area contributed by atoms with Crippen molar-refractivity contribution in [3.05, 3.63) is 42.1 Å². The van der Waals surface area contributed by atoms with Crippen molar-refractivity contribution in [1.82, 2.24) is 10.3 Å². The van der Waals surface area contributed by atoms with Crippen LogP contribution < -0.4 is 10.3 Å². The number of hydrogen-bond acceptors (Lipinski definition) is 6. The maximum absolute atomic E-state index is 12.5. The summed E-state index contributed by atoms with van der Waals surface area (Å²) in [5, 5.41) is 4.20. The van der Waals surface area contributed by atoms with Crippen LogP contribution in [0.4, 0.5) is 5.69 Å². The predicted octanol–water partition coefficient (Wildman–Crippen LogP) is 0.656. The van der Waals surface area contributed by atoms with Gasteiger partial charge in [0.1, 0.15) is 5.57 Å². The van der Waals surface area contributed by atoms with Gasteiger partial charge in [0.15, 0.2) is 0 Å². The molecule has 1 aromatic rings. The molecule has 1 amide bonds. The number of benzene rings is 1. The van der Waals surface area contributed by atoms with Gasteiger partial charge < -0.3 is 9.64 Å². The quantitative estimate of drug-likeness (QED) is 0.655. The molecule has 0 spiro atoms. The first-order chi connectivity index (χ1) is 10.7. The second kappa shape index (κ2) is 5.88. The van der Waals surface area contributed by atoms with Crippen molar-refractivity contribution in [2.45, 2.75) is 6.92 Å². The predicted molar refractivity (Wildman–Crippen MR) is 80.8 cm³/mol. The number of rotatable bonds is 3. The van der Waals surface area contributed by atoms with Gasteiger partial charge >= 0.3 is 5.97 Å². The Labute approximate surface area is 127 Å². The first-order valence-electron chi connectivity index (χ1n) is 7.07. The maximum atomic E-state index is 12.5. The van der Waals surface area contributed by atoms with E-state index in [2.05, 4.69) is 10.5 Å². The minimum absolute atomic E-state index is 0.0458. The molecule has 0 radical (unpaired) electrons. The van der Waals surface area contributed by atoms with Gasteiger partial charge in [-0.1, -0.05) is 18.2 Å². The number of anilines is 1. The smallest absolute Gasteiger partial charge is 0.345 e. The number of ether oxygens (including phenoxy) is 1. The van der Waals surface area contributed by atoms with E-state index >= 15 is 0 Å². The van der Waals surface area contributed by atoms with E-state index < -0.39 is 11.9 Å². The highest BCUT2D eigenvalue weighted by molar-refractivity contribution is 6.22. The van der Waals surface area contributed by atoms with Gasteiger partial charge in [0, 0.05) is 25.0 Å². The molecule has 1 saturated heterocycles. The van der Waals surface area contributed by atoms with Crippen molar-refractivity contribution in [3.63, 3.8) is 0 Å². The zero-order valence-corrected chi connectivity index (χ0v) is 12.2. The lowest BCUT2D eigenvalue weighted by Gasteiger charge is -2.20. The van der Waals surface area contributed by atoms with Crippen molar-refractivity contribution < 1.29 is 14.3 Å². The summed E-state index contributed by atoms with van der Waals surface area (Å²) in [6.45, 7) is 2.99. The fourth-order valence-electron chi connectivity index (χ4n) is 2.43. The molecule has 2 aliphatic heterocycles. The zero-order valence-electron chi connectivity index (χ0n) is 12.2. The molecule has 2 heterocycles. The van der Waals surface area contributed by atoms with E-state index in [1.807, 2.05) is 35.2 Å². The molecule has 0 bridgehead atoms. The zero-order chi connectivity index (χ0) is 15.5. The molecule has 0 saturated carbocycles. The average molecular weight is 300 g/mol. The van der Waals surface area contributed by atoms with E-state index in [0.717, 1.165) is 5.69 Å². The van der Waals surface area contributed by atoms with Gasteiger partial charge in [-0.2, -0.15) is 0 Å². The fourth-order valence-corrected chi connectivity index (χ4v) is 2.43. The van der Waals surface area contributed by atoms with Crippen molar-refractivity contribution in [3.8, 4) is 0 Å². The lowest BCUT2D eigenvalue weighted by atomic mass is 10.2. The van der Waals surface area contributed by atoms with Gasteiger partial charge in [0.2, 0.25) is 5.96 Å². The number of nitrogens with one attached hydrogen (secondary N) is 1. The number of hydrazone groups is 1. The normalized spacial score (nSPS) is 17.2. The molecule has 0 aromatic heterocycles. The number of nitrogens with zero attached hydrogens (tertiary/aromatic N) is 3. The summed E-state index contributed by atoms with van der Waals surface area (Å²) < 4.78 is 4.91. The third-order valence-electron chi connectivity index (χ3n) is 3.44. The number of amides is 1. The Hall–Kier alpha value is -2.83. The molecule has 7 nitrogen and oxygen atoms in total. The van der Waals surface area contributed by atoms with Crippen LogP contribution in [0, 0.1) is 0 Å². The average Bonchev–Trinajstić information content (AvgIpc) is 2.88. The molecule has 22 heavy (non-hydrogen) atoms. The number of fused-ring (bicyclic) bond motifs is 1. The molecule has 2 aliphatic rings. The van der Waals surface area contributed by atoms with Crippen LogP contribution in [-0.2, 0) is 14.3 Å². The Morgan fingerprint density at radius 3 is 2.73 bits per heavy atom. The van der Waals surface area contributed by atoms with E-state index in [1.54, 1.807) is 6.92 Å². The number of carbonyl (C=O) groups excluding carboxylic acids is 2. The summed E-state index contributed by atoms with van der Waals surface area (Å²) in [4.78, 5) is 27.8. The van der Waals surface area contributed by atoms with Crippen LogP contribution in [0.5, 0.6) is 0 Å². The first kappa shape index (κ1) is 14.1. The Balaban J connectivity index is 1.85. The lowest BCUT2D eigenvalue weighted by molar-refractivity contribution is -0.141. The molecular weight excluding hydrogens is 284 g/mol. The minimum Gasteiger partial charge on any atom is -0.462 e. The Kier molecular flexibility index (Phi) is 3.78. The molecule has 0 unspecified atom stereocenters. The molecule has 0 atom stereocenters. The number of esters is 1. The van der Waals surface area contributed by atoms with Crippen LogP contribution in [0.1, 0.15) is 6.92 Å². The van der Waals surface area contributed by atoms with Gasteiger partial charge in [0.25, 0.3) is 5.91 Å². The van der Waals surface area contributed by atoms with Crippen LogP contribution in [0.25, 0.3) is 0 Å². The van der Waals surface area contributed by atoms with E-state index in [-0.39, 0.29) is 12.2 Å². The van der Waals surface area contributed by atoms with Gasteiger partial charge in [-0.05, 0) is 19.1 Å². The maximum Gasteiger partial charge on any atom is 0.345 e. The van der Waals surface area contributed by atoms with Crippen LogP contribution >= 0.6 is 0 Å². The number of carbonyl (C=O) groups is 2. The molecule has 114 valence electrons. The number of guanidine groups is 1. The second-order valence-corrected chi connectivity index (χ2v) is 4.76. The van der Waals surface area contributed by atoms with Crippen molar-refractivity contribution in [2.75, 3.05) is 24.6 Å². The van der Waals surface area contributed by atoms with Gasteiger partial charge in [-0.25, -0.2) is 4.79 Å². The standard InChI is InChI=1S/C15H16N4O3/c1-2-22-14(21)12-10-16-17-15-18(8-9-19(15)13(12)20)11-6-4-3-5-7-11/h3-7,10,16H,2,8-9H2,1H3. The minimum atomic E-state index is -0.644. The molecule has 7 heteroatoms. The van der Waals surface area contributed by atoms with Gasteiger partial charge in [0.05, 0.1) is 6.61 Å². The summed E-state index contributed by atoms with van der Waals surface area (Å²) in [5.41, 5.74) is 3.56. The summed E-state index contributed by atoms with van der Waals surface area (Å²) >= 11 is 0. The highest BCUT2D eigenvalue weighted by Gasteiger charge is 2.37. The molecule has 0 aliphatic carbocycles. The Bertz CT molecular complexity index is 654. The molecular formula is C15H16N4O3. The van der Waals surface area contributed by atoms with Crippen molar-refractivity contribution >= 4 is 23.5 Å². The third kappa shape index (κ3) is 2.41. The van der Waals surface area contributed by atoms with E-state index in [0.29, 0.717) is 19.0 Å². The molecule has 1 fully saturated rings. The molecule has 1 aromatic carbocycles. The van der Waals surface area contributed by atoms with E-state index in [1.165, 1.54) is 11.1 Å². The molecule has 1 N–H and O–H groups in total. The Morgan fingerprint density at radius 2 is 2.00 bits per heavy atom. The highest BCUT2D eigenvalue weighted by Crippen LogP contribution is 2.22. The van der Waals surface area contributed by atoms with Crippen LogP contribution in [-0.4, -0.2) is 42.4 Å². The third-order valence-corrected chi connectivity index (χ3v) is 3.44. The van der Waals surface area contributed by atoms with Crippen LogP contribution in [0.2, 0.25) is 0 Å². The van der Waals surface area contributed by atoms with Gasteiger partial charge in [-0.3, -0.25) is 15.1 Å². The topological polar surface area (TPSA) is 74.2 Å². The first-order valence-corrected chi connectivity index (χ1v) is 7.07. The van der Waals surface area contributed by atoms with E-state index in [4.69, 9.17) is 4.74 Å². The SMILES string of the molecule is CCOC(=O)C1=CNN=C2N(CCN2c2ccccc2)C1=O. The van der Waals surface area contributed by atoms with Crippen molar-refractivity contribution in [2.24, 2.45) is 5.10 Å². The largest absolute Gasteiger partial charge is 0.462 e. The van der Waals surface area contributed by atoms with Gasteiger partial charge in [-0.15, -0.1) is 5.10 Å². The monoisotopic (exact) mass is 300 g/mol. The highest BCUT2D eigenvalue weighted by atomic mass is 16.5. The van der Waals surface area contributed by atoms with Crippen LogP contribution in [0.3, 0.4) is 0 Å². The Morgan fingerprint density at radius 1 is 1.27 bits per heavy atom. The lowest BCUT2D eigenvalue weighted by Crippen LogP contribution is -2.39. The summed E-state index contributed by atoms with van der Waals surface area (Å²) in [6, 6.07) is 9.66. The van der Waals surface area contributed by atoms with E-state index in [9.17, 15) is 9.59 Å². The fraction of sp³-hybridized carbons (Fsp3) is 0.267. The van der Waals surface area contributed by atoms with Crippen molar-refractivity contribution in [1.29, 1.82) is 0 Å². The summed E-state index contributed by atoms with van der Waals surface area (Å²) in [5.74, 6) is -0.568. The number of para-hydroxylation sites is 1. The second-order valence-electron chi connectivity index (χ2n) is 4.76. The molecule has 3 rings (SSSR count). The van der Waals surface area contributed by atoms with Crippen LogP contribution in [0.15, 0.2) is 47.2 Å². The number of hydrogen-bond donors (Lipinski definition) is 1. The summed E-state index contributed by atoms with van der Waals surface area (Å²) in [7, 11) is 0. The summed E-state index contributed by atoms with van der Waals surface area (Å²) in [6.07, 6.45) is 1.29.